The molecule has 0 aliphatic carbocycles. The van der Waals surface area contributed by atoms with Crippen LogP contribution in [0.4, 0.5) is 0 Å². The van der Waals surface area contributed by atoms with Crippen molar-refractivity contribution in [2.24, 2.45) is 5.73 Å². The smallest absolute Gasteiger partial charge is 0.251 e. The predicted molar refractivity (Wildman–Crippen MR) is 74.2 cm³/mol. The zero-order chi connectivity index (χ0) is 13.0. The van der Waals surface area contributed by atoms with Gasteiger partial charge in [0.25, 0.3) is 5.91 Å². The van der Waals surface area contributed by atoms with E-state index in [1.807, 2.05) is 39.0 Å². The van der Waals surface area contributed by atoms with Crippen molar-refractivity contribution in [1.29, 1.82) is 0 Å². The van der Waals surface area contributed by atoms with E-state index in [0.29, 0.717) is 17.0 Å². The number of aryl methyl sites for hydroxylation is 2. The van der Waals surface area contributed by atoms with Gasteiger partial charge in [-0.25, -0.2) is 0 Å². The van der Waals surface area contributed by atoms with Crippen LogP contribution >= 0.6 is 12.2 Å². The molecule has 0 saturated carbocycles. The fourth-order valence-electron chi connectivity index (χ4n) is 1.54. The van der Waals surface area contributed by atoms with E-state index in [1.54, 1.807) is 0 Å². The summed E-state index contributed by atoms with van der Waals surface area (Å²) in [5, 5.41) is 2.87. The van der Waals surface area contributed by atoms with E-state index < -0.39 is 0 Å². The van der Waals surface area contributed by atoms with Crippen LogP contribution in [0.2, 0.25) is 0 Å². The summed E-state index contributed by atoms with van der Waals surface area (Å²) in [5.41, 5.74) is 8.39. The van der Waals surface area contributed by atoms with Gasteiger partial charge in [0.2, 0.25) is 0 Å². The number of rotatable bonds is 4. The molecule has 3 N–H and O–H groups in total. The minimum absolute atomic E-state index is 0.0402. The van der Waals surface area contributed by atoms with Gasteiger partial charge in [0.05, 0.1) is 4.99 Å². The lowest BCUT2D eigenvalue weighted by atomic mass is 10.1. The summed E-state index contributed by atoms with van der Waals surface area (Å²) >= 11 is 4.81. The van der Waals surface area contributed by atoms with Crippen molar-refractivity contribution in [3.05, 3.63) is 34.9 Å². The Hall–Kier alpha value is -1.42. The number of nitrogens with one attached hydrogen (secondary N) is 1. The van der Waals surface area contributed by atoms with Crippen LogP contribution in [0.1, 0.15) is 34.8 Å². The van der Waals surface area contributed by atoms with Crippen LogP contribution in [0.15, 0.2) is 18.2 Å². The second kappa shape index (κ2) is 5.77. The third-order valence-electron chi connectivity index (χ3n) is 2.65. The van der Waals surface area contributed by atoms with Crippen LogP contribution in [0, 0.1) is 13.8 Å². The molecule has 1 unspecified atom stereocenters. The van der Waals surface area contributed by atoms with Crippen LogP contribution in [-0.4, -0.2) is 16.9 Å². The van der Waals surface area contributed by atoms with E-state index in [9.17, 15) is 4.79 Å². The Morgan fingerprint density at radius 3 is 2.59 bits per heavy atom. The van der Waals surface area contributed by atoms with Crippen LogP contribution in [0.5, 0.6) is 0 Å². The molecule has 1 rings (SSSR count). The highest BCUT2D eigenvalue weighted by Crippen LogP contribution is 2.10. The van der Waals surface area contributed by atoms with Crippen molar-refractivity contribution in [2.75, 3.05) is 0 Å². The number of carbonyl (C=O) groups is 1. The summed E-state index contributed by atoms with van der Waals surface area (Å²) in [4.78, 5) is 12.3. The molecule has 0 bridgehead atoms. The Kier molecular flexibility index (Phi) is 4.63. The summed E-state index contributed by atoms with van der Waals surface area (Å²) in [7, 11) is 0. The summed E-state index contributed by atoms with van der Waals surface area (Å²) in [6, 6.07) is 5.62. The Morgan fingerprint density at radius 2 is 2.06 bits per heavy atom. The van der Waals surface area contributed by atoms with Crippen molar-refractivity contribution in [1.82, 2.24) is 5.32 Å². The van der Waals surface area contributed by atoms with Gasteiger partial charge in [-0.05, 0) is 44.0 Å². The highest BCUT2D eigenvalue weighted by Gasteiger charge is 2.10. The molecule has 17 heavy (non-hydrogen) atoms. The largest absolute Gasteiger partial charge is 0.393 e. The summed E-state index contributed by atoms with van der Waals surface area (Å²) in [6.45, 7) is 5.90. The van der Waals surface area contributed by atoms with Gasteiger partial charge >= 0.3 is 0 Å². The molecule has 0 fully saturated rings. The van der Waals surface area contributed by atoms with E-state index in [4.69, 9.17) is 18.0 Å². The summed E-state index contributed by atoms with van der Waals surface area (Å²) in [5.74, 6) is -0.0862. The number of amides is 1. The van der Waals surface area contributed by atoms with Gasteiger partial charge in [-0.2, -0.15) is 0 Å². The van der Waals surface area contributed by atoms with Gasteiger partial charge in [-0.15, -0.1) is 0 Å². The molecule has 0 aromatic heterocycles. The number of hydrogen-bond acceptors (Lipinski definition) is 2. The van der Waals surface area contributed by atoms with Crippen LogP contribution in [0.3, 0.4) is 0 Å². The first kappa shape index (κ1) is 13.6. The highest BCUT2D eigenvalue weighted by atomic mass is 32.1. The molecule has 1 aromatic carbocycles. The van der Waals surface area contributed by atoms with Crippen LogP contribution in [-0.2, 0) is 0 Å². The molecule has 4 heteroatoms. The van der Waals surface area contributed by atoms with Gasteiger partial charge in [-0.1, -0.05) is 18.3 Å². The minimum atomic E-state index is -0.0862. The molecule has 1 amide bonds. The molecule has 3 nitrogen and oxygen atoms in total. The summed E-state index contributed by atoms with van der Waals surface area (Å²) in [6.07, 6.45) is 0.520. The molecule has 92 valence electrons. The number of thiocarbonyl (C=S) groups is 1. The number of hydrogen-bond donors (Lipinski definition) is 2. The lowest BCUT2D eigenvalue weighted by molar-refractivity contribution is 0.0941. The van der Waals surface area contributed by atoms with Crippen molar-refractivity contribution >= 4 is 23.1 Å². The minimum Gasteiger partial charge on any atom is -0.393 e. The lowest BCUT2D eigenvalue weighted by Crippen LogP contribution is -2.35. The first-order valence-electron chi connectivity index (χ1n) is 5.56. The zero-order valence-corrected chi connectivity index (χ0v) is 11.2. The Balaban J connectivity index is 2.70. The lowest BCUT2D eigenvalue weighted by Gasteiger charge is -2.13. The van der Waals surface area contributed by atoms with Gasteiger partial charge in [0.1, 0.15) is 0 Å². The average Bonchev–Trinajstić information content (AvgIpc) is 2.20. The monoisotopic (exact) mass is 250 g/mol. The molecule has 0 heterocycles. The summed E-state index contributed by atoms with van der Waals surface area (Å²) < 4.78 is 0. The van der Waals surface area contributed by atoms with Crippen molar-refractivity contribution < 1.29 is 4.79 Å². The fourth-order valence-corrected chi connectivity index (χ4v) is 1.79. The quantitative estimate of drug-likeness (QED) is 0.805. The predicted octanol–water partition coefficient (Wildman–Crippen LogP) is 2.10. The topological polar surface area (TPSA) is 55.1 Å². The van der Waals surface area contributed by atoms with E-state index >= 15 is 0 Å². The Labute approximate surface area is 107 Å². The van der Waals surface area contributed by atoms with Crippen molar-refractivity contribution in [3.63, 3.8) is 0 Å². The number of nitrogens with two attached hydrogens (primary N) is 1. The van der Waals surface area contributed by atoms with Crippen LogP contribution in [0.25, 0.3) is 0 Å². The molecule has 0 aliphatic rings. The fraction of sp³-hybridized carbons (Fsp3) is 0.385. The average molecular weight is 250 g/mol. The second-order valence-electron chi connectivity index (χ2n) is 4.34. The third-order valence-corrected chi connectivity index (χ3v) is 2.82. The van der Waals surface area contributed by atoms with Crippen LogP contribution < -0.4 is 11.1 Å². The first-order valence-corrected chi connectivity index (χ1v) is 5.97. The molecule has 1 aromatic rings. The van der Waals surface area contributed by atoms with Gasteiger partial charge in [-0.3, -0.25) is 4.79 Å². The molecule has 0 spiro atoms. The maximum absolute atomic E-state index is 11.9. The Morgan fingerprint density at radius 1 is 1.41 bits per heavy atom. The zero-order valence-electron chi connectivity index (χ0n) is 10.4. The molecule has 1 atom stereocenters. The maximum atomic E-state index is 11.9. The standard InChI is InChI=1S/C13H18N2OS/c1-8-4-5-11(6-9(8)2)13(16)15-10(3)7-12(14)17/h4-6,10H,7H2,1-3H3,(H2,14,17)(H,15,16). The maximum Gasteiger partial charge on any atom is 0.251 e. The Bertz CT molecular complexity index is 443. The van der Waals surface area contributed by atoms with E-state index in [-0.39, 0.29) is 11.9 Å². The normalized spacial score (nSPS) is 11.9. The van der Waals surface area contributed by atoms with Crippen molar-refractivity contribution in [2.45, 2.75) is 33.2 Å². The molecule has 0 radical (unpaired) electrons. The van der Waals surface area contributed by atoms with Crippen molar-refractivity contribution in [3.8, 4) is 0 Å². The molecular weight excluding hydrogens is 232 g/mol. The number of benzene rings is 1. The SMILES string of the molecule is Cc1ccc(C(=O)NC(C)CC(N)=S)cc1C. The molecule has 0 saturated heterocycles. The van der Waals surface area contributed by atoms with Gasteiger partial charge in [0.15, 0.2) is 0 Å². The van der Waals surface area contributed by atoms with E-state index in [1.165, 1.54) is 5.56 Å². The third kappa shape index (κ3) is 4.15. The highest BCUT2D eigenvalue weighted by molar-refractivity contribution is 7.80. The molecule has 0 aliphatic heterocycles. The number of carbonyl (C=O) groups excluding carboxylic acids is 1. The van der Waals surface area contributed by atoms with E-state index in [0.717, 1.165) is 5.56 Å². The van der Waals surface area contributed by atoms with Gasteiger partial charge < -0.3 is 11.1 Å². The molecular formula is C13H18N2OS. The first-order chi connectivity index (χ1) is 7.90. The van der Waals surface area contributed by atoms with E-state index in [2.05, 4.69) is 5.32 Å². The second-order valence-corrected chi connectivity index (χ2v) is 4.87. The van der Waals surface area contributed by atoms with Gasteiger partial charge in [0, 0.05) is 18.0 Å².